The Hall–Kier alpha value is -2.73. The van der Waals surface area contributed by atoms with Crippen molar-refractivity contribution >= 4 is 34.9 Å². The second-order valence-corrected chi connectivity index (χ2v) is 4.78. The number of nitrogens with one attached hydrogen (secondary N) is 2. The highest BCUT2D eigenvalue weighted by molar-refractivity contribution is 6.31. The average molecular weight is 320 g/mol. The second-order valence-electron chi connectivity index (χ2n) is 4.34. The molecule has 4 N–H and O–H groups in total. The van der Waals surface area contributed by atoms with Crippen LogP contribution in [0.15, 0.2) is 42.5 Å². The van der Waals surface area contributed by atoms with Crippen LogP contribution in [0.5, 0.6) is 5.75 Å². The van der Waals surface area contributed by atoms with Gasteiger partial charge in [0.25, 0.3) is 5.91 Å². The molecule has 0 aromatic heterocycles. The smallest absolute Gasteiger partial charge is 0.326 e. The lowest BCUT2D eigenvalue weighted by Crippen LogP contribution is -2.34. The molecule has 0 aliphatic carbocycles. The van der Waals surface area contributed by atoms with Crippen molar-refractivity contribution in [3.8, 4) is 5.75 Å². The molecule has 0 saturated carbocycles. The van der Waals surface area contributed by atoms with Gasteiger partial charge in [0.1, 0.15) is 5.75 Å². The molecular formula is C15H14ClN3O3. The van der Waals surface area contributed by atoms with E-state index in [0.29, 0.717) is 16.5 Å². The predicted octanol–water partition coefficient (Wildman–Crippen LogP) is 2.89. The Morgan fingerprint density at radius 3 is 2.59 bits per heavy atom. The molecule has 0 unspecified atom stereocenters. The molecule has 0 saturated heterocycles. The first kappa shape index (κ1) is 15.7. The van der Waals surface area contributed by atoms with Gasteiger partial charge in [0.05, 0.1) is 18.4 Å². The molecular weight excluding hydrogens is 306 g/mol. The molecule has 3 amide bonds. The van der Waals surface area contributed by atoms with Gasteiger partial charge in [-0.3, -0.25) is 10.1 Å². The van der Waals surface area contributed by atoms with Crippen molar-refractivity contribution in [2.24, 2.45) is 0 Å². The minimum atomic E-state index is -0.714. The average Bonchev–Trinajstić information content (AvgIpc) is 2.47. The van der Waals surface area contributed by atoms with Crippen molar-refractivity contribution in [3.05, 3.63) is 53.1 Å². The van der Waals surface area contributed by atoms with Crippen LogP contribution in [0.4, 0.5) is 16.2 Å². The van der Waals surface area contributed by atoms with Crippen molar-refractivity contribution < 1.29 is 14.3 Å². The molecule has 114 valence electrons. The number of anilines is 2. The van der Waals surface area contributed by atoms with Crippen LogP contribution in [0.2, 0.25) is 5.02 Å². The number of ether oxygens (including phenoxy) is 1. The number of halogens is 1. The summed E-state index contributed by atoms with van der Waals surface area (Å²) in [4.78, 5) is 23.9. The van der Waals surface area contributed by atoms with Crippen LogP contribution < -0.4 is 21.1 Å². The van der Waals surface area contributed by atoms with Gasteiger partial charge in [0.2, 0.25) is 0 Å². The van der Waals surface area contributed by atoms with Crippen LogP contribution in [0, 0.1) is 0 Å². The summed E-state index contributed by atoms with van der Waals surface area (Å²) in [5.41, 5.74) is 6.54. The Morgan fingerprint density at radius 1 is 1.18 bits per heavy atom. The molecule has 2 aromatic carbocycles. The fourth-order valence-electron chi connectivity index (χ4n) is 1.81. The standard InChI is InChI=1S/C15H14ClN3O3/c1-22-13-7-6-9(16)8-12(13)18-15(21)19-14(20)10-4-2-3-5-11(10)17/h2-8H,17H2,1H3,(H2,18,19,20,21). The highest BCUT2D eigenvalue weighted by atomic mass is 35.5. The number of nitrogens with two attached hydrogens (primary N) is 1. The van der Waals surface area contributed by atoms with Gasteiger partial charge >= 0.3 is 6.03 Å². The van der Waals surface area contributed by atoms with Gasteiger partial charge in [0, 0.05) is 10.7 Å². The van der Waals surface area contributed by atoms with E-state index < -0.39 is 11.9 Å². The van der Waals surface area contributed by atoms with Gasteiger partial charge in [-0.1, -0.05) is 23.7 Å². The quantitative estimate of drug-likeness (QED) is 0.758. The van der Waals surface area contributed by atoms with Crippen LogP contribution in [0.3, 0.4) is 0 Å². The van der Waals surface area contributed by atoms with Gasteiger partial charge in [-0.15, -0.1) is 0 Å². The summed E-state index contributed by atoms with van der Waals surface area (Å²) in [5, 5.41) is 5.12. The Bertz CT molecular complexity index is 719. The lowest BCUT2D eigenvalue weighted by Gasteiger charge is -2.11. The molecule has 0 radical (unpaired) electrons. The zero-order chi connectivity index (χ0) is 16.1. The van der Waals surface area contributed by atoms with Crippen LogP contribution in [0.1, 0.15) is 10.4 Å². The number of para-hydroxylation sites is 1. The van der Waals surface area contributed by atoms with Gasteiger partial charge < -0.3 is 15.8 Å². The van der Waals surface area contributed by atoms with Crippen molar-refractivity contribution in [1.29, 1.82) is 0 Å². The Balaban J connectivity index is 2.09. The monoisotopic (exact) mass is 319 g/mol. The van der Waals surface area contributed by atoms with Crippen LogP contribution >= 0.6 is 11.6 Å². The molecule has 7 heteroatoms. The maximum atomic E-state index is 12.0. The number of amides is 3. The molecule has 2 rings (SSSR count). The summed E-state index contributed by atoms with van der Waals surface area (Å²) < 4.78 is 5.10. The zero-order valence-corrected chi connectivity index (χ0v) is 12.5. The largest absolute Gasteiger partial charge is 0.495 e. The number of carbonyl (C=O) groups is 2. The van der Waals surface area contributed by atoms with Crippen molar-refractivity contribution in [1.82, 2.24) is 5.32 Å². The Kier molecular flexibility index (Phi) is 4.85. The minimum Gasteiger partial charge on any atom is -0.495 e. The molecule has 22 heavy (non-hydrogen) atoms. The number of rotatable bonds is 3. The number of urea groups is 1. The number of carbonyl (C=O) groups excluding carboxylic acids is 2. The number of hydrogen-bond donors (Lipinski definition) is 3. The second kappa shape index (κ2) is 6.82. The van der Waals surface area contributed by atoms with Crippen molar-refractivity contribution in [2.75, 3.05) is 18.2 Å². The van der Waals surface area contributed by atoms with Crippen LogP contribution in [-0.4, -0.2) is 19.0 Å². The third-order valence-corrected chi connectivity index (χ3v) is 3.08. The lowest BCUT2D eigenvalue weighted by molar-refractivity contribution is 0.0968. The summed E-state index contributed by atoms with van der Waals surface area (Å²) in [5.74, 6) is -0.178. The maximum absolute atomic E-state index is 12.0. The SMILES string of the molecule is COc1ccc(Cl)cc1NC(=O)NC(=O)c1ccccc1N. The topological polar surface area (TPSA) is 93.5 Å². The number of methoxy groups -OCH3 is 1. The summed E-state index contributed by atoms with van der Waals surface area (Å²) >= 11 is 5.87. The Labute approximate surface area is 132 Å². The third-order valence-electron chi connectivity index (χ3n) is 2.84. The third kappa shape index (κ3) is 3.67. The molecule has 0 heterocycles. The van der Waals surface area contributed by atoms with Crippen LogP contribution in [-0.2, 0) is 0 Å². The first-order valence-electron chi connectivity index (χ1n) is 6.31. The fraction of sp³-hybridized carbons (Fsp3) is 0.0667. The molecule has 0 spiro atoms. The van der Waals surface area contributed by atoms with E-state index in [0.717, 1.165) is 0 Å². The van der Waals surface area contributed by atoms with E-state index in [-0.39, 0.29) is 11.3 Å². The summed E-state index contributed by atoms with van der Waals surface area (Å²) in [7, 11) is 1.46. The first-order valence-corrected chi connectivity index (χ1v) is 6.69. The predicted molar refractivity (Wildman–Crippen MR) is 85.3 cm³/mol. The molecule has 0 bridgehead atoms. The van der Waals surface area contributed by atoms with Gasteiger partial charge in [-0.05, 0) is 30.3 Å². The van der Waals surface area contributed by atoms with Gasteiger partial charge in [-0.25, -0.2) is 4.79 Å². The molecule has 6 nitrogen and oxygen atoms in total. The van der Waals surface area contributed by atoms with Crippen molar-refractivity contribution in [3.63, 3.8) is 0 Å². The first-order chi connectivity index (χ1) is 10.5. The number of imide groups is 1. The molecule has 2 aromatic rings. The van der Waals surface area contributed by atoms with Gasteiger partial charge in [0.15, 0.2) is 0 Å². The Morgan fingerprint density at radius 2 is 1.91 bits per heavy atom. The van der Waals surface area contributed by atoms with E-state index in [4.69, 9.17) is 22.1 Å². The van der Waals surface area contributed by atoms with E-state index in [1.54, 1.807) is 30.3 Å². The van der Waals surface area contributed by atoms with E-state index in [2.05, 4.69) is 10.6 Å². The van der Waals surface area contributed by atoms with E-state index in [1.807, 2.05) is 0 Å². The molecule has 0 atom stereocenters. The van der Waals surface area contributed by atoms with E-state index >= 15 is 0 Å². The molecule has 0 aliphatic rings. The summed E-state index contributed by atoms with van der Waals surface area (Å²) in [6, 6.07) is 10.5. The normalized spacial score (nSPS) is 9.91. The summed E-state index contributed by atoms with van der Waals surface area (Å²) in [6.07, 6.45) is 0. The molecule has 0 fully saturated rings. The molecule has 0 aliphatic heterocycles. The van der Waals surface area contributed by atoms with E-state index in [1.165, 1.54) is 19.2 Å². The highest BCUT2D eigenvalue weighted by Gasteiger charge is 2.14. The number of hydrogen-bond acceptors (Lipinski definition) is 4. The maximum Gasteiger partial charge on any atom is 0.326 e. The van der Waals surface area contributed by atoms with Crippen LogP contribution in [0.25, 0.3) is 0 Å². The van der Waals surface area contributed by atoms with E-state index in [9.17, 15) is 9.59 Å². The highest BCUT2D eigenvalue weighted by Crippen LogP contribution is 2.27. The minimum absolute atomic E-state index is 0.218. The van der Waals surface area contributed by atoms with Crippen molar-refractivity contribution in [2.45, 2.75) is 0 Å². The fourth-order valence-corrected chi connectivity index (χ4v) is 1.98. The number of benzene rings is 2. The number of nitrogen functional groups attached to an aromatic ring is 1. The van der Waals surface area contributed by atoms with Gasteiger partial charge in [-0.2, -0.15) is 0 Å². The zero-order valence-electron chi connectivity index (χ0n) is 11.7. The summed E-state index contributed by atoms with van der Waals surface area (Å²) in [6.45, 7) is 0. The lowest BCUT2D eigenvalue weighted by atomic mass is 10.2.